The van der Waals surface area contributed by atoms with Crippen LogP contribution in [0, 0.1) is 6.42 Å². The second kappa shape index (κ2) is 4.18. The molecule has 3 heteroatoms. The van der Waals surface area contributed by atoms with Gasteiger partial charge < -0.3 is 4.74 Å². The molecule has 0 aromatic heterocycles. The van der Waals surface area contributed by atoms with Gasteiger partial charge in [-0.25, -0.2) is 4.79 Å². The Labute approximate surface area is 89.6 Å². The molecule has 0 saturated carbocycles. The molecule has 0 N–H and O–H groups in total. The Kier molecular flexibility index (Phi) is 3.38. The molecule has 0 aromatic rings. The monoisotopic (exact) mass is 213 g/mol. The van der Waals surface area contributed by atoms with E-state index in [2.05, 4.69) is 0 Å². The van der Waals surface area contributed by atoms with Crippen LogP contribution in [0.15, 0.2) is 22.8 Å². The molecule has 2 nitrogen and oxygen atoms in total. The van der Waals surface area contributed by atoms with Gasteiger partial charge in [0.25, 0.3) is 0 Å². The molecule has 0 fully saturated rings. The van der Waals surface area contributed by atoms with Crippen LogP contribution in [0.3, 0.4) is 0 Å². The minimum Gasteiger partial charge on any atom is -0.457 e. The smallest absolute Gasteiger partial charge is 0.334 e. The van der Waals surface area contributed by atoms with E-state index in [1.165, 1.54) is 0 Å². The first-order valence-electron chi connectivity index (χ1n) is 4.52. The summed E-state index contributed by atoms with van der Waals surface area (Å²) in [5.41, 5.74) is 0.0757. The summed E-state index contributed by atoms with van der Waals surface area (Å²) < 4.78 is 5.20. The average Bonchev–Trinajstić information content (AvgIpc) is 2.01. The third-order valence-corrected chi connectivity index (χ3v) is 1.84. The standard InChI is InChI=1S/C11H14ClO2/c1-11(2,3)14-10(13)8-5-4-6-9(12)7-8/h5-7H,4H2,1-3H3. The van der Waals surface area contributed by atoms with E-state index >= 15 is 0 Å². The van der Waals surface area contributed by atoms with Crippen molar-refractivity contribution >= 4 is 17.6 Å². The first-order chi connectivity index (χ1) is 6.38. The molecule has 1 aliphatic rings. The van der Waals surface area contributed by atoms with Gasteiger partial charge in [-0.05, 0) is 33.3 Å². The number of rotatable bonds is 1. The van der Waals surface area contributed by atoms with Crippen molar-refractivity contribution in [3.63, 3.8) is 0 Å². The first-order valence-corrected chi connectivity index (χ1v) is 4.90. The number of carbonyl (C=O) groups is 1. The van der Waals surface area contributed by atoms with Crippen molar-refractivity contribution in [2.24, 2.45) is 0 Å². The lowest BCUT2D eigenvalue weighted by Crippen LogP contribution is -2.25. The molecule has 1 aliphatic carbocycles. The van der Waals surface area contributed by atoms with Gasteiger partial charge in [-0.1, -0.05) is 17.7 Å². The van der Waals surface area contributed by atoms with Crippen LogP contribution in [0.4, 0.5) is 0 Å². The Morgan fingerprint density at radius 3 is 2.64 bits per heavy atom. The van der Waals surface area contributed by atoms with Crippen molar-refractivity contribution in [3.05, 3.63) is 29.2 Å². The molecule has 0 atom stereocenters. The Hall–Kier alpha value is -0.760. The number of allylic oxidation sites excluding steroid dienone is 3. The van der Waals surface area contributed by atoms with Crippen molar-refractivity contribution in [3.8, 4) is 0 Å². The summed E-state index contributed by atoms with van der Waals surface area (Å²) in [7, 11) is 0. The topological polar surface area (TPSA) is 26.3 Å². The van der Waals surface area contributed by atoms with Crippen molar-refractivity contribution in [2.75, 3.05) is 0 Å². The maximum Gasteiger partial charge on any atom is 0.334 e. The quantitative estimate of drug-likeness (QED) is 0.626. The maximum atomic E-state index is 11.6. The van der Waals surface area contributed by atoms with Crippen LogP contribution < -0.4 is 0 Å². The molecule has 14 heavy (non-hydrogen) atoms. The molecular weight excluding hydrogens is 200 g/mol. The van der Waals surface area contributed by atoms with E-state index in [0.29, 0.717) is 17.0 Å². The van der Waals surface area contributed by atoms with Crippen LogP contribution >= 0.6 is 11.6 Å². The summed E-state index contributed by atoms with van der Waals surface area (Å²) in [4.78, 5) is 11.6. The summed E-state index contributed by atoms with van der Waals surface area (Å²) in [5.74, 6) is -0.316. The lowest BCUT2D eigenvalue weighted by atomic mass is 10.0. The highest BCUT2D eigenvalue weighted by atomic mass is 35.5. The molecule has 77 valence electrons. The van der Waals surface area contributed by atoms with Crippen LogP contribution in [0.1, 0.15) is 27.2 Å². The van der Waals surface area contributed by atoms with E-state index in [1.807, 2.05) is 26.8 Å². The van der Waals surface area contributed by atoms with Crippen LogP contribution in [-0.4, -0.2) is 11.6 Å². The molecule has 1 radical (unpaired) electrons. The number of ether oxygens (including phenoxy) is 1. The minimum absolute atomic E-state index is 0.316. The van der Waals surface area contributed by atoms with Crippen LogP contribution in [0.5, 0.6) is 0 Å². The number of hydrogen-bond acceptors (Lipinski definition) is 2. The van der Waals surface area contributed by atoms with E-state index in [-0.39, 0.29) is 5.97 Å². The molecule has 0 bridgehead atoms. The number of carbonyl (C=O) groups excluding carboxylic acids is 1. The third kappa shape index (κ3) is 3.54. The number of esters is 1. The number of hydrogen-bond donors (Lipinski definition) is 0. The van der Waals surface area contributed by atoms with Gasteiger partial charge in [-0.15, -0.1) is 0 Å². The van der Waals surface area contributed by atoms with E-state index in [9.17, 15) is 4.79 Å². The van der Waals surface area contributed by atoms with Gasteiger partial charge in [0.15, 0.2) is 0 Å². The lowest BCUT2D eigenvalue weighted by Gasteiger charge is -2.21. The zero-order valence-corrected chi connectivity index (χ0v) is 9.39. The average molecular weight is 214 g/mol. The highest BCUT2D eigenvalue weighted by Crippen LogP contribution is 2.21. The Bertz CT molecular complexity index is 295. The van der Waals surface area contributed by atoms with E-state index < -0.39 is 5.60 Å². The van der Waals surface area contributed by atoms with Crippen molar-refractivity contribution in [1.29, 1.82) is 0 Å². The fraction of sp³-hybridized carbons (Fsp3) is 0.455. The van der Waals surface area contributed by atoms with E-state index in [0.717, 1.165) is 0 Å². The second-order valence-corrected chi connectivity index (χ2v) is 4.57. The zero-order valence-electron chi connectivity index (χ0n) is 8.63. The van der Waals surface area contributed by atoms with Gasteiger partial charge in [-0.2, -0.15) is 0 Å². The van der Waals surface area contributed by atoms with Gasteiger partial charge >= 0.3 is 5.97 Å². The normalized spacial score (nSPS) is 17.1. The fourth-order valence-corrected chi connectivity index (χ4v) is 1.25. The first kappa shape index (κ1) is 11.3. The highest BCUT2D eigenvalue weighted by molar-refractivity contribution is 6.31. The highest BCUT2D eigenvalue weighted by Gasteiger charge is 2.20. The summed E-state index contributed by atoms with van der Waals surface area (Å²) >= 11 is 5.78. The number of halogens is 1. The van der Waals surface area contributed by atoms with Crippen LogP contribution in [0.2, 0.25) is 0 Å². The predicted octanol–water partition coefficient (Wildman–Crippen LogP) is 2.99. The zero-order chi connectivity index (χ0) is 10.8. The van der Waals surface area contributed by atoms with Crippen molar-refractivity contribution in [1.82, 2.24) is 0 Å². The lowest BCUT2D eigenvalue weighted by molar-refractivity contribution is -0.149. The van der Waals surface area contributed by atoms with Gasteiger partial charge in [-0.3, -0.25) is 0 Å². The molecule has 0 amide bonds. The largest absolute Gasteiger partial charge is 0.457 e. The van der Waals surface area contributed by atoms with Gasteiger partial charge in [0.2, 0.25) is 0 Å². The SMILES string of the molecule is CC(C)(C)OC(=O)C1=CC(Cl)=CC[CH]1. The molecule has 0 spiro atoms. The van der Waals surface area contributed by atoms with Gasteiger partial charge in [0, 0.05) is 17.0 Å². The molecule has 1 rings (SSSR count). The van der Waals surface area contributed by atoms with E-state index in [4.69, 9.17) is 16.3 Å². The molecule has 0 heterocycles. The van der Waals surface area contributed by atoms with Crippen molar-refractivity contribution < 1.29 is 9.53 Å². The molecule has 0 aliphatic heterocycles. The minimum atomic E-state index is -0.459. The Morgan fingerprint density at radius 2 is 2.14 bits per heavy atom. The van der Waals surface area contributed by atoms with E-state index in [1.54, 1.807) is 12.5 Å². The van der Waals surface area contributed by atoms with Crippen molar-refractivity contribution in [2.45, 2.75) is 32.8 Å². The van der Waals surface area contributed by atoms with Crippen LogP contribution in [0.25, 0.3) is 0 Å². The summed E-state index contributed by atoms with van der Waals surface area (Å²) in [5, 5.41) is 0.591. The second-order valence-electron chi connectivity index (χ2n) is 4.13. The Morgan fingerprint density at radius 1 is 1.50 bits per heavy atom. The molecule has 0 aromatic carbocycles. The van der Waals surface area contributed by atoms with Gasteiger partial charge in [0.1, 0.15) is 5.60 Å². The van der Waals surface area contributed by atoms with Crippen LogP contribution in [-0.2, 0) is 9.53 Å². The molecule has 0 saturated heterocycles. The predicted molar refractivity (Wildman–Crippen MR) is 56.8 cm³/mol. The maximum absolute atomic E-state index is 11.6. The molecular formula is C11H14ClO2. The third-order valence-electron chi connectivity index (χ3n) is 1.58. The van der Waals surface area contributed by atoms with Gasteiger partial charge in [0.05, 0.1) is 0 Å². The summed E-state index contributed by atoms with van der Waals surface area (Å²) in [6, 6.07) is 0. The summed E-state index contributed by atoms with van der Waals surface area (Å²) in [6.45, 7) is 5.52. The Balaban J connectivity index is 2.66. The summed E-state index contributed by atoms with van der Waals surface area (Å²) in [6.07, 6.45) is 5.96. The molecule has 0 unspecified atom stereocenters. The fourth-order valence-electron chi connectivity index (χ4n) is 1.04.